The van der Waals surface area contributed by atoms with Gasteiger partial charge < -0.3 is 0 Å². The first-order valence-electron chi connectivity index (χ1n) is 0. The zero-order valence-corrected chi connectivity index (χ0v) is 11.8. The van der Waals surface area contributed by atoms with Gasteiger partial charge in [0.05, 0.1) is 0 Å². The number of hydrogen-bond donors (Lipinski definition) is 0. The molecule has 0 aliphatic carbocycles. The summed E-state index contributed by atoms with van der Waals surface area (Å²) in [5.41, 5.74) is 0. The molecule has 0 fully saturated rings. The fourth-order valence-electron chi connectivity index (χ4n) is 0. The van der Waals surface area contributed by atoms with E-state index in [0.29, 0.717) is 0 Å². The zero-order chi connectivity index (χ0) is 0. The third-order valence-electron chi connectivity index (χ3n) is 0. The summed E-state index contributed by atoms with van der Waals surface area (Å²) >= 11 is 0. The number of halogens is 4. The molecule has 0 saturated carbocycles. The maximum Gasteiger partial charge on any atom is 0 e. The van der Waals surface area contributed by atoms with Crippen molar-refractivity contribution in [1.82, 2.24) is 0 Å². The van der Waals surface area contributed by atoms with Crippen molar-refractivity contribution in [3.05, 3.63) is 0 Å². The fourth-order valence-corrected chi connectivity index (χ4v) is 0. The normalized spacial score (nSPS) is 0. The Morgan fingerprint density at radius 2 is 0.600 bits per heavy atom. The van der Waals surface area contributed by atoms with Crippen LogP contribution in [0.4, 0.5) is 0 Å². The van der Waals surface area contributed by atoms with Gasteiger partial charge in [-0.15, -0.1) is 81.9 Å². The van der Waals surface area contributed by atoms with Gasteiger partial charge in [-0.25, -0.2) is 0 Å². The third kappa shape index (κ3) is 19.1. The predicted octanol–water partition coefficient (Wildman–Crippen LogP) is 2.39. The largest absolute Gasteiger partial charge is 0.114 e. The molecule has 0 spiro atoms. The van der Waals surface area contributed by atoms with Crippen molar-refractivity contribution in [3.8, 4) is 0 Å². The molecule has 0 amide bonds. The molecule has 0 radical (unpaired) electrons. The summed E-state index contributed by atoms with van der Waals surface area (Å²) in [6.45, 7) is 0. The van der Waals surface area contributed by atoms with Crippen LogP contribution in [0.25, 0.3) is 0 Å². The van der Waals surface area contributed by atoms with Crippen LogP contribution in [0.5, 0.6) is 0 Å². The molecular weight excluding hydrogens is 461 g/mol. The predicted molar refractivity (Wildman–Crippen MR) is 51.5 cm³/mol. The molecular formula is H4Br2I2Ti. The second kappa shape index (κ2) is 27.3. The molecule has 0 saturated heterocycles. The van der Waals surface area contributed by atoms with Gasteiger partial charge in [-0.3, -0.25) is 0 Å². The van der Waals surface area contributed by atoms with Crippen molar-refractivity contribution in [2.45, 2.75) is 0 Å². The Labute approximate surface area is 102 Å². The van der Waals surface area contributed by atoms with Crippen LogP contribution in [0.15, 0.2) is 0 Å². The van der Waals surface area contributed by atoms with Crippen LogP contribution in [-0.4, -0.2) is 0 Å². The van der Waals surface area contributed by atoms with Gasteiger partial charge >= 0.3 is 0 Å². The molecule has 0 N–H and O–H groups in total. The van der Waals surface area contributed by atoms with Crippen molar-refractivity contribution < 1.29 is 21.7 Å². The van der Waals surface area contributed by atoms with E-state index in [2.05, 4.69) is 0 Å². The van der Waals surface area contributed by atoms with Gasteiger partial charge in [0.2, 0.25) is 0 Å². The van der Waals surface area contributed by atoms with Gasteiger partial charge in [-0.1, -0.05) is 0 Å². The number of rotatable bonds is 0. The fraction of sp³-hybridized carbons (Fsp3) is 0. The minimum absolute atomic E-state index is 0. The second-order valence-corrected chi connectivity index (χ2v) is 0. The number of hydrogen-bond acceptors (Lipinski definition) is 0. The molecule has 0 aromatic carbocycles. The van der Waals surface area contributed by atoms with E-state index in [1.54, 1.807) is 0 Å². The summed E-state index contributed by atoms with van der Waals surface area (Å²) < 4.78 is 0. The van der Waals surface area contributed by atoms with Crippen LogP contribution in [0.3, 0.4) is 0 Å². The molecule has 36 valence electrons. The monoisotopic (exact) mass is 464 g/mol. The van der Waals surface area contributed by atoms with E-state index in [-0.39, 0.29) is 104 Å². The van der Waals surface area contributed by atoms with E-state index in [9.17, 15) is 0 Å². The van der Waals surface area contributed by atoms with Crippen LogP contribution < -0.4 is 0 Å². The zero-order valence-electron chi connectivity index (χ0n) is 2.13. The Bertz CT molecular complexity index is 7.61. The minimum atomic E-state index is 0. The Morgan fingerprint density at radius 1 is 0.600 bits per heavy atom. The molecule has 0 aliphatic rings. The van der Waals surface area contributed by atoms with E-state index < -0.39 is 0 Å². The summed E-state index contributed by atoms with van der Waals surface area (Å²) in [5.74, 6) is 0. The van der Waals surface area contributed by atoms with Gasteiger partial charge in [-0.2, -0.15) is 0 Å². The van der Waals surface area contributed by atoms with E-state index in [0.717, 1.165) is 0 Å². The Morgan fingerprint density at radius 3 is 0.600 bits per heavy atom. The molecule has 0 rings (SSSR count). The van der Waals surface area contributed by atoms with E-state index in [1.165, 1.54) is 0 Å². The summed E-state index contributed by atoms with van der Waals surface area (Å²) in [5, 5.41) is 0. The molecule has 0 heterocycles. The van der Waals surface area contributed by atoms with E-state index in [1.807, 2.05) is 0 Å². The van der Waals surface area contributed by atoms with Crippen LogP contribution in [0.2, 0.25) is 0 Å². The maximum atomic E-state index is 0. The molecule has 5 heavy (non-hydrogen) atoms. The molecule has 0 atom stereocenters. The van der Waals surface area contributed by atoms with Gasteiger partial charge in [0.15, 0.2) is 0 Å². The molecule has 0 aliphatic heterocycles. The molecule has 5 heteroatoms. The van der Waals surface area contributed by atoms with Crippen molar-refractivity contribution >= 4 is 81.9 Å². The average molecular weight is 466 g/mol. The molecule has 0 nitrogen and oxygen atoms in total. The Balaban J connectivity index is 0. The van der Waals surface area contributed by atoms with E-state index in [4.69, 9.17) is 0 Å². The molecule has 0 aromatic heterocycles. The smallest absolute Gasteiger partial charge is 0 e. The van der Waals surface area contributed by atoms with Crippen molar-refractivity contribution in [1.29, 1.82) is 0 Å². The van der Waals surface area contributed by atoms with Gasteiger partial charge in [0, 0.05) is 21.7 Å². The van der Waals surface area contributed by atoms with Crippen LogP contribution in [0.1, 0.15) is 0 Å². The van der Waals surface area contributed by atoms with Gasteiger partial charge in [0.1, 0.15) is 0 Å². The Hall–Kier alpha value is 3.13. The van der Waals surface area contributed by atoms with Gasteiger partial charge in [0.25, 0.3) is 0 Å². The molecule has 0 bridgehead atoms. The van der Waals surface area contributed by atoms with Crippen molar-refractivity contribution in [3.63, 3.8) is 0 Å². The van der Waals surface area contributed by atoms with Crippen molar-refractivity contribution in [2.24, 2.45) is 0 Å². The molecule has 0 unspecified atom stereocenters. The Kier molecular flexibility index (Phi) is 230. The van der Waals surface area contributed by atoms with Gasteiger partial charge in [-0.05, 0) is 0 Å². The van der Waals surface area contributed by atoms with Crippen molar-refractivity contribution in [2.75, 3.05) is 0 Å². The van der Waals surface area contributed by atoms with Crippen LogP contribution in [-0.2, 0) is 21.7 Å². The second-order valence-electron chi connectivity index (χ2n) is 0. The first-order chi connectivity index (χ1) is 0. The molecule has 0 aromatic rings. The third-order valence-corrected chi connectivity index (χ3v) is 0. The SMILES string of the molecule is Br.Br.I.I.[Ti]. The first kappa shape index (κ1) is 42.1. The van der Waals surface area contributed by atoms with Crippen LogP contribution in [0, 0.1) is 0 Å². The first-order valence-corrected chi connectivity index (χ1v) is 0. The maximum absolute atomic E-state index is 0. The summed E-state index contributed by atoms with van der Waals surface area (Å²) in [6, 6.07) is 0. The summed E-state index contributed by atoms with van der Waals surface area (Å²) in [4.78, 5) is 0. The van der Waals surface area contributed by atoms with Crippen LogP contribution >= 0.6 is 81.9 Å². The summed E-state index contributed by atoms with van der Waals surface area (Å²) in [6.07, 6.45) is 0. The quantitative estimate of drug-likeness (QED) is 0.381. The standard InChI is InChI=1S/2BrH.2HI.Ti/h4*1H;. The summed E-state index contributed by atoms with van der Waals surface area (Å²) in [7, 11) is 0. The topological polar surface area (TPSA) is 0 Å². The van der Waals surface area contributed by atoms with E-state index >= 15 is 0 Å². The minimum Gasteiger partial charge on any atom is -0.114 e. The average Bonchev–Trinajstić information content (AvgIpc) is 0.